The van der Waals surface area contributed by atoms with Gasteiger partial charge in [0.25, 0.3) is 0 Å². The van der Waals surface area contributed by atoms with Gasteiger partial charge in [-0.1, -0.05) is 0 Å². The van der Waals surface area contributed by atoms with Crippen LogP contribution in [0.3, 0.4) is 0 Å². The molecule has 198 valence electrons. The first-order valence-corrected chi connectivity index (χ1v) is 20.5. The maximum absolute atomic E-state index is 13.4. The van der Waals surface area contributed by atoms with E-state index in [-0.39, 0.29) is 13.6 Å². The van der Waals surface area contributed by atoms with Gasteiger partial charge in [-0.25, -0.2) is 0 Å². The Bertz CT molecular complexity index is 624. The van der Waals surface area contributed by atoms with Gasteiger partial charge in [0.2, 0.25) is 0 Å². The Kier molecular flexibility index (Phi) is 14.6. The number of thioether (sulfide) groups is 1. The molecule has 0 aromatic carbocycles. The molecule has 0 N–H and O–H groups in total. The molecular weight excluding hydrogens is 567 g/mol. The fourth-order valence-corrected chi connectivity index (χ4v) is 25.3. The second-order valence-corrected chi connectivity index (χ2v) is 22.8. The van der Waals surface area contributed by atoms with Crippen LogP contribution in [0.15, 0.2) is 9.00 Å². The second-order valence-electron chi connectivity index (χ2n) is 8.62. The van der Waals surface area contributed by atoms with Crippen LogP contribution in [0.2, 0.25) is 13.3 Å². The minimum atomic E-state index is -3.30. The molecule has 0 unspecified atom stereocenters. The van der Waals surface area contributed by atoms with Crippen LogP contribution in [-0.2, 0) is 38.0 Å². The zero-order chi connectivity index (χ0) is 25.7. The third-order valence-corrected chi connectivity index (χ3v) is 24.2. The first-order valence-electron chi connectivity index (χ1n) is 12.2. The van der Waals surface area contributed by atoms with Gasteiger partial charge in [-0.15, -0.1) is 0 Å². The van der Waals surface area contributed by atoms with Gasteiger partial charge in [-0.05, 0) is 0 Å². The van der Waals surface area contributed by atoms with Gasteiger partial charge in [-0.3, -0.25) is 0 Å². The molecule has 1 aliphatic heterocycles. The zero-order valence-electron chi connectivity index (χ0n) is 22.0. The summed E-state index contributed by atoms with van der Waals surface area (Å²) in [6.45, 7) is 6.23. The maximum atomic E-state index is 13.4. The van der Waals surface area contributed by atoms with Gasteiger partial charge in [0.15, 0.2) is 0 Å². The van der Waals surface area contributed by atoms with Gasteiger partial charge in [-0.2, -0.15) is 0 Å². The topological polar surface area (TPSA) is 89.5 Å². The van der Waals surface area contributed by atoms with Crippen molar-refractivity contribution in [1.82, 2.24) is 0 Å². The van der Waals surface area contributed by atoms with Crippen LogP contribution in [0.25, 0.3) is 0 Å². The van der Waals surface area contributed by atoms with Crippen molar-refractivity contribution in [1.29, 1.82) is 0 Å². The van der Waals surface area contributed by atoms with Crippen molar-refractivity contribution in [3.63, 3.8) is 0 Å². The number of methoxy groups -OCH3 is 4. The molecule has 0 bridgehead atoms. The predicted molar refractivity (Wildman–Crippen MR) is 136 cm³/mol. The van der Waals surface area contributed by atoms with Crippen molar-refractivity contribution in [2.45, 2.75) is 83.1 Å². The molecule has 0 saturated carbocycles. The summed E-state index contributed by atoms with van der Waals surface area (Å²) in [5.41, 5.74) is 0. The Balaban J connectivity index is 3.91. The Morgan fingerprint density at radius 2 is 1.21 bits per heavy atom. The summed E-state index contributed by atoms with van der Waals surface area (Å²) in [5, 5.41) is 1.95. The average Bonchev–Trinajstić information content (AvgIpc) is 3.21. The summed E-state index contributed by atoms with van der Waals surface area (Å²) in [4.78, 5) is 26.8. The van der Waals surface area contributed by atoms with E-state index >= 15 is 0 Å². The second kappa shape index (κ2) is 15.7. The monoisotopic (exact) mass is 612 g/mol. The molecule has 1 aliphatic rings. The Hall–Kier alpha value is -0.331. The Morgan fingerprint density at radius 1 is 0.794 bits per heavy atom. The molecule has 0 atom stereocenters. The summed E-state index contributed by atoms with van der Waals surface area (Å²) in [7, 11) is 5.50. The van der Waals surface area contributed by atoms with Gasteiger partial charge in [0.1, 0.15) is 0 Å². The van der Waals surface area contributed by atoms with Gasteiger partial charge in [0, 0.05) is 0 Å². The van der Waals surface area contributed by atoms with Crippen molar-refractivity contribution in [3.05, 3.63) is 9.00 Å². The number of esters is 2. The van der Waals surface area contributed by atoms with Crippen molar-refractivity contribution in [2.75, 3.05) is 42.0 Å². The number of rotatable bonds is 18. The average molecular weight is 611 g/mol. The van der Waals surface area contributed by atoms with Crippen molar-refractivity contribution in [2.24, 2.45) is 0 Å². The van der Waals surface area contributed by atoms with Crippen LogP contribution in [0.5, 0.6) is 0 Å². The van der Waals surface area contributed by atoms with Crippen LogP contribution >= 0.6 is 11.8 Å². The molecule has 0 radical (unpaired) electrons. The van der Waals surface area contributed by atoms with E-state index in [1.807, 2.05) is 5.41 Å². The standard InChI is InChI=1S/C12H17O8S.3C4H9.Sn/c1-15-7-19-11(20-8-16-2)5-6-21-12(11,9(13)17-3)10(14)18-4;3*1-3-4-2;/h6H,7-8H2,1-4H3;3*1,3-4H2,2H3;. The molecule has 8 nitrogen and oxygen atoms in total. The summed E-state index contributed by atoms with van der Waals surface area (Å²) < 4.78 is 35.8. The molecule has 0 saturated heterocycles. The fraction of sp³-hybridized carbons (Fsp3) is 0.833. The molecule has 10 heteroatoms. The van der Waals surface area contributed by atoms with E-state index in [1.165, 1.54) is 28.4 Å². The first kappa shape index (κ1) is 31.7. The number of unbranched alkanes of at least 4 members (excludes halogenated alkanes) is 3. The molecule has 1 rings (SSSR count). The van der Waals surface area contributed by atoms with E-state index in [1.54, 1.807) is 0 Å². The summed E-state index contributed by atoms with van der Waals surface area (Å²) in [6.07, 6.45) is 6.46. The molecule has 1 heterocycles. The normalized spacial score (nSPS) is 16.9. The SMILES string of the molecule is CCC[CH2][Sn]([CH2]CCC)([CH2]CCC)[C]1=CSC(C(=O)OC)(C(=O)OC)C1(OCOC)OCOC. The minimum absolute atomic E-state index is 0.172. The van der Waals surface area contributed by atoms with Gasteiger partial charge < -0.3 is 0 Å². The quantitative estimate of drug-likeness (QED) is 0.0917. The molecule has 0 aromatic heterocycles. The molecule has 0 aromatic rings. The van der Waals surface area contributed by atoms with Crippen LogP contribution in [0.4, 0.5) is 0 Å². The van der Waals surface area contributed by atoms with Crippen molar-refractivity contribution in [3.8, 4) is 0 Å². The van der Waals surface area contributed by atoms with E-state index in [0.717, 1.165) is 67.2 Å². The number of carbonyl (C=O) groups excluding carboxylic acids is 2. The van der Waals surface area contributed by atoms with Crippen LogP contribution < -0.4 is 0 Å². The number of carbonyl (C=O) groups is 2. The third-order valence-electron chi connectivity index (χ3n) is 6.48. The van der Waals surface area contributed by atoms with Crippen molar-refractivity contribution < 1.29 is 38.0 Å². The number of ether oxygens (including phenoxy) is 6. The zero-order valence-corrected chi connectivity index (χ0v) is 25.7. The summed E-state index contributed by atoms with van der Waals surface area (Å²) in [6, 6.07) is 0. The first-order chi connectivity index (χ1) is 16.4. The number of hydrogen-bond acceptors (Lipinski definition) is 9. The predicted octanol–water partition coefficient (Wildman–Crippen LogP) is 5.03. The summed E-state index contributed by atoms with van der Waals surface area (Å²) in [5.74, 6) is -3.27. The van der Waals surface area contributed by atoms with Crippen LogP contribution in [0.1, 0.15) is 59.3 Å². The number of hydrogen-bond donors (Lipinski definition) is 0. The Labute approximate surface area is 213 Å². The molecule has 0 aliphatic carbocycles. The van der Waals surface area contributed by atoms with Gasteiger partial charge >= 0.3 is 214 Å². The Morgan fingerprint density at radius 3 is 1.53 bits per heavy atom. The molecule has 34 heavy (non-hydrogen) atoms. The molecule has 0 fully saturated rings. The molecule has 0 spiro atoms. The summed E-state index contributed by atoms with van der Waals surface area (Å²) >= 11 is -2.23. The fourth-order valence-electron chi connectivity index (χ4n) is 4.71. The third kappa shape index (κ3) is 6.50. The van der Waals surface area contributed by atoms with E-state index in [0.29, 0.717) is 0 Å². The van der Waals surface area contributed by atoms with Crippen LogP contribution in [-0.4, -0.2) is 82.9 Å². The molecule has 0 amide bonds. The molecular formula is C24H44O8SSn. The van der Waals surface area contributed by atoms with E-state index in [2.05, 4.69) is 20.8 Å². The van der Waals surface area contributed by atoms with E-state index < -0.39 is 40.8 Å². The van der Waals surface area contributed by atoms with Crippen LogP contribution in [0, 0.1) is 0 Å². The van der Waals surface area contributed by atoms with Gasteiger partial charge in [0.05, 0.1) is 0 Å². The van der Waals surface area contributed by atoms with Crippen molar-refractivity contribution >= 4 is 42.1 Å². The van der Waals surface area contributed by atoms with E-state index in [4.69, 9.17) is 28.4 Å². The van der Waals surface area contributed by atoms with E-state index in [9.17, 15) is 9.59 Å².